The van der Waals surface area contributed by atoms with Crippen molar-refractivity contribution < 1.29 is 14.7 Å². The molecule has 0 aromatic heterocycles. The summed E-state index contributed by atoms with van der Waals surface area (Å²) < 4.78 is 0. The van der Waals surface area contributed by atoms with E-state index in [1.807, 2.05) is 0 Å². The molecular weight excluding hydrogens is 294 g/mol. The van der Waals surface area contributed by atoms with E-state index >= 15 is 0 Å². The summed E-state index contributed by atoms with van der Waals surface area (Å²) in [7, 11) is 0. The molecule has 0 bridgehead atoms. The van der Waals surface area contributed by atoms with Crippen LogP contribution in [0.5, 0.6) is 0 Å². The first-order chi connectivity index (χ1) is 11.0. The third-order valence-corrected chi connectivity index (χ3v) is 4.32. The molecule has 0 spiro atoms. The Morgan fingerprint density at radius 3 is 2.52 bits per heavy atom. The maximum Gasteiger partial charge on any atom is 0.321 e. The zero-order chi connectivity index (χ0) is 16.8. The second-order valence-corrected chi connectivity index (χ2v) is 5.83. The van der Waals surface area contributed by atoms with Crippen molar-refractivity contribution in [3.05, 3.63) is 29.8 Å². The van der Waals surface area contributed by atoms with Crippen molar-refractivity contribution >= 4 is 17.5 Å². The second-order valence-electron chi connectivity index (χ2n) is 5.83. The number of nitrogens with zero attached hydrogens (tertiary/aromatic N) is 2. The van der Waals surface area contributed by atoms with Crippen LogP contribution < -0.4 is 5.32 Å². The molecule has 6 nitrogen and oxygen atoms in total. The number of anilines is 1. The van der Waals surface area contributed by atoms with E-state index in [0.717, 1.165) is 19.5 Å². The largest absolute Gasteiger partial charge is 0.395 e. The van der Waals surface area contributed by atoms with Gasteiger partial charge in [-0.1, -0.05) is 19.1 Å². The Kier molecular flexibility index (Phi) is 6.12. The van der Waals surface area contributed by atoms with E-state index in [1.54, 1.807) is 29.2 Å². The molecule has 1 atom stereocenters. The number of benzene rings is 1. The molecule has 2 N–H and O–H groups in total. The predicted octanol–water partition coefficient (Wildman–Crippen LogP) is 1.81. The number of Topliss-reactive ketones (excluding diaryl/α,β-unsaturated/α-hetero) is 1. The van der Waals surface area contributed by atoms with Crippen LogP contribution in [-0.2, 0) is 0 Å². The normalized spacial score (nSPS) is 16.9. The van der Waals surface area contributed by atoms with Gasteiger partial charge in [0.1, 0.15) is 0 Å². The number of aliphatic hydroxyl groups is 1. The van der Waals surface area contributed by atoms with Gasteiger partial charge in [-0.05, 0) is 25.5 Å². The lowest BCUT2D eigenvalue weighted by Crippen LogP contribution is -2.53. The van der Waals surface area contributed by atoms with Gasteiger partial charge in [-0.2, -0.15) is 0 Å². The third-order valence-electron chi connectivity index (χ3n) is 4.32. The highest BCUT2D eigenvalue weighted by Gasteiger charge is 2.24. The predicted molar refractivity (Wildman–Crippen MR) is 89.8 cm³/mol. The first-order valence-corrected chi connectivity index (χ1v) is 8.07. The highest BCUT2D eigenvalue weighted by atomic mass is 16.3. The van der Waals surface area contributed by atoms with Crippen LogP contribution in [0.4, 0.5) is 10.5 Å². The Balaban J connectivity index is 1.90. The van der Waals surface area contributed by atoms with E-state index in [0.29, 0.717) is 24.3 Å². The van der Waals surface area contributed by atoms with Crippen LogP contribution >= 0.6 is 0 Å². The van der Waals surface area contributed by atoms with Crippen LogP contribution in [0.15, 0.2) is 24.3 Å². The molecule has 23 heavy (non-hydrogen) atoms. The van der Waals surface area contributed by atoms with Gasteiger partial charge in [0.2, 0.25) is 0 Å². The van der Waals surface area contributed by atoms with E-state index < -0.39 is 0 Å². The van der Waals surface area contributed by atoms with Gasteiger partial charge in [-0.3, -0.25) is 9.69 Å². The van der Waals surface area contributed by atoms with Crippen molar-refractivity contribution in [3.8, 4) is 0 Å². The maximum absolute atomic E-state index is 12.3. The molecule has 0 saturated carbocycles. The average Bonchev–Trinajstić information content (AvgIpc) is 2.56. The lowest BCUT2D eigenvalue weighted by Gasteiger charge is -2.38. The maximum atomic E-state index is 12.3. The molecule has 1 aromatic rings. The minimum Gasteiger partial charge on any atom is -0.395 e. The molecule has 6 heteroatoms. The van der Waals surface area contributed by atoms with Gasteiger partial charge in [0.25, 0.3) is 0 Å². The number of ketones is 1. The zero-order valence-electron chi connectivity index (χ0n) is 13.8. The first-order valence-electron chi connectivity index (χ1n) is 8.07. The fraction of sp³-hybridized carbons (Fsp3) is 0.529. The molecule has 1 aromatic carbocycles. The van der Waals surface area contributed by atoms with Gasteiger partial charge in [0, 0.05) is 43.5 Å². The molecule has 0 unspecified atom stereocenters. The van der Waals surface area contributed by atoms with Gasteiger partial charge in [-0.15, -0.1) is 0 Å². The summed E-state index contributed by atoms with van der Waals surface area (Å²) in [5.74, 6) is -0.0238. The SMILES string of the molecule is CC[C@H](CO)N1CCN(C(=O)Nc2cccc(C(C)=O)c2)CC1. The molecule has 2 amide bonds. The lowest BCUT2D eigenvalue weighted by atomic mass is 10.1. The summed E-state index contributed by atoms with van der Waals surface area (Å²) in [6, 6.07) is 6.98. The third kappa shape index (κ3) is 4.53. The van der Waals surface area contributed by atoms with Gasteiger partial charge in [-0.25, -0.2) is 4.79 Å². The average molecular weight is 319 g/mol. The number of hydrogen-bond acceptors (Lipinski definition) is 4. The van der Waals surface area contributed by atoms with E-state index in [1.165, 1.54) is 6.92 Å². The smallest absolute Gasteiger partial charge is 0.321 e. The zero-order valence-corrected chi connectivity index (χ0v) is 13.8. The van der Waals surface area contributed by atoms with E-state index in [9.17, 15) is 14.7 Å². The quantitative estimate of drug-likeness (QED) is 0.812. The summed E-state index contributed by atoms with van der Waals surface area (Å²) in [6.07, 6.45) is 0.903. The van der Waals surface area contributed by atoms with Crippen molar-refractivity contribution in [2.45, 2.75) is 26.3 Å². The molecule has 1 aliphatic heterocycles. The van der Waals surface area contributed by atoms with Gasteiger partial charge >= 0.3 is 6.03 Å². The van der Waals surface area contributed by atoms with Crippen molar-refractivity contribution in [2.24, 2.45) is 0 Å². The fourth-order valence-corrected chi connectivity index (χ4v) is 2.81. The Hall–Kier alpha value is -1.92. The number of carbonyl (C=O) groups excluding carboxylic acids is 2. The molecule has 1 saturated heterocycles. The highest BCUT2D eigenvalue weighted by molar-refractivity contribution is 5.96. The number of amides is 2. The summed E-state index contributed by atoms with van der Waals surface area (Å²) >= 11 is 0. The second kappa shape index (κ2) is 8.08. The summed E-state index contributed by atoms with van der Waals surface area (Å²) in [5, 5.41) is 12.2. The Morgan fingerprint density at radius 2 is 1.96 bits per heavy atom. The number of hydrogen-bond donors (Lipinski definition) is 2. The molecular formula is C17H25N3O3. The minimum absolute atomic E-state index is 0.0238. The van der Waals surface area contributed by atoms with Crippen LogP contribution in [0, 0.1) is 0 Å². The van der Waals surface area contributed by atoms with Gasteiger partial charge < -0.3 is 15.3 Å². The Bertz CT molecular complexity index is 550. The molecule has 126 valence electrons. The van der Waals surface area contributed by atoms with Crippen LogP contribution in [-0.4, -0.2) is 65.5 Å². The van der Waals surface area contributed by atoms with Crippen LogP contribution in [0.2, 0.25) is 0 Å². The van der Waals surface area contributed by atoms with E-state index in [4.69, 9.17) is 0 Å². The van der Waals surface area contributed by atoms with Crippen LogP contribution in [0.3, 0.4) is 0 Å². The topological polar surface area (TPSA) is 72.9 Å². The summed E-state index contributed by atoms with van der Waals surface area (Å²) in [4.78, 5) is 27.7. The molecule has 1 heterocycles. The van der Waals surface area contributed by atoms with E-state index in [-0.39, 0.29) is 24.5 Å². The van der Waals surface area contributed by atoms with Gasteiger partial charge in [0.15, 0.2) is 5.78 Å². The van der Waals surface area contributed by atoms with Crippen molar-refractivity contribution in [2.75, 3.05) is 38.1 Å². The molecule has 0 radical (unpaired) electrons. The minimum atomic E-state index is -0.151. The van der Waals surface area contributed by atoms with Crippen molar-refractivity contribution in [1.82, 2.24) is 9.80 Å². The number of urea groups is 1. The standard InChI is InChI=1S/C17H25N3O3/c1-3-16(12-21)19-7-9-20(10-8-19)17(23)18-15-6-4-5-14(11-15)13(2)22/h4-6,11,16,21H,3,7-10,12H2,1-2H3,(H,18,23)/t16-/m1/s1. The van der Waals surface area contributed by atoms with E-state index in [2.05, 4.69) is 17.1 Å². The lowest BCUT2D eigenvalue weighted by molar-refractivity contribution is 0.0766. The van der Waals surface area contributed by atoms with Crippen molar-refractivity contribution in [3.63, 3.8) is 0 Å². The van der Waals surface area contributed by atoms with Gasteiger partial charge in [0.05, 0.1) is 6.61 Å². The molecule has 1 fully saturated rings. The first kappa shape index (κ1) is 17.4. The fourth-order valence-electron chi connectivity index (χ4n) is 2.81. The number of carbonyl (C=O) groups is 2. The highest BCUT2D eigenvalue weighted by Crippen LogP contribution is 2.14. The molecule has 1 aliphatic rings. The summed E-state index contributed by atoms with van der Waals surface area (Å²) in [5.41, 5.74) is 1.22. The molecule has 2 rings (SSSR count). The molecule has 0 aliphatic carbocycles. The Morgan fingerprint density at radius 1 is 1.26 bits per heavy atom. The Labute approximate surface area is 137 Å². The monoisotopic (exact) mass is 319 g/mol. The summed E-state index contributed by atoms with van der Waals surface area (Å²) in [6.45, 7) is 6.51. The van der Waals surface area contributed by atoms with Crippen molar-refractivity contribution in [1.29, 1.82) is 0 Å². The number of rotatable bonds is 5. The number of aliphatic hydroxyl groups excluding tert-OH is 1. The number of nitrogens with one attached hydrogen (secondary N) is 1. The van der Waals surface area contributed by atoms with Crippen LogP contribution in [0.1, 0.15) is 30.6 Å². The van der Waals surface area contributed by atoms with Crippen LogP contribution in [0.25, 0.3) is 0 Å². The number of piperazine rings is 1.